The van der Waals surface area contributed by atoms with Gasteiger partial charge in [0.15, 0.2) is 0 Å². The molecular weight excluding hydrogens is 272 g/mol. The van der Waals surface area contributed by atoms with Crippen LogP contribution >= 0.6 is 0 Å². The van der Waals surface area contributed by atoms with Crippen LogP contribution in [0.1, 0.15) is 50.3 Å². The highest BCUT2D eigenvalue weighted by Gasteiger charge is 2.22. The molecule has 118 valence electrons. The standard InChI is InChI=1S/C15H24N2O4/c1-8(2)6-13(14(18)19)17-15(20)16-10(4)12-7-9(3)21-11(12)5/h7-8,10,13H,6H2,1-5H3,(H,18,19)(H2,16,17,20)/t10?,13-/m0/s1. The monoisotopic (exact) mass is 296 g/mol. The number of carbonyl (C=O) groups is 2. The maximum absolute atomic E-state index is 11.9. The predicted octanol–water partition coefficient (Wildman–Crippen LogP) is 2.76. The van der Waals surface area contributed by atoms with E-state index in [0.717, 1.165) is 17.1 Å². The van der Waals surface area contributed by atoms with Gasteiger partial charge in [-0.1, -0.05) is 13.8 Å². The maximum Gasteiger partial charge on any atom is 0.326 e. The zero-order valence-electron chi connectivity index (χ0n) is 13.2. The lowest BCUT2D eigenvalue weighted by Gasteiger charge is -2.19. The molecule has 0 aliphatic carbocycles. The average molecular weight is 296 g/mol. The fourth-order valence-electron chi connectivity index (χ4n) is 2.25. The molecule has 0 fully saturated rings. The van der Waals surface area contributed by atoms with Crippen molar-refractivity contribution in [1.82, 2.24) is 10.6 Å². The third kappa shape index (κ3) is 5.13. The van der Waals surface area contributed by atoms with Crippen LogP contribution in [0.2, 0.25) is 0 Å². The predicted molar refractivity (Wildman–Crippen MR) is 79.1 cm³/mol. The number of furan rings is 1. The number of hydrogen-bond donors (Lipinski definition) is 3. The number of aryl methyl sites for hydroxylation is 2. The van der Waals surface area contributed by atoms with Crippen LogP contribution in [-0.4, -0.2) is 23.1 Å². The van der Waals surface area contributed by atoms with Crippen LogP contribution in [0.4, 0.5) is 4.79 Å². The summed E-state index contributed by atoms with van der Waals surface area (Å²) < 4.78 is 5.42. The molecule has 0 saturated carbocycles. The Balaban J connectivity index is 2.63. The summed E-state index contributed by atoms with van der Waals surface area (Å²) in [6, 6.07) is 0.234. The van der Waals surface area contributed by atoms with E-state index in [0.29, 0.717) is 6.42 Å². The number of urea groups is 1. The highest BCUT2D eigenvalue weighted by Crippen LogP contribution is 2.21. The zero-order valence-corrected chi connectivity index (χ0v) is 13.2. The van der Waals surface area contributed by atoms with Crippen LogP contribution in [0, 0.1) is 19.8 Å². The number of nitrogens with one attached hydrogen (secondary N) is 2. The molecular formula is C15H24N2O4. The van der Waals surface area contributed by atoms with Crippen LogP contribution in [0.15, 0.2) is 10.5 Å². The van der Waals surface area contributed by atoms with Crippen molar-refractivity contribution < 1.29 is 19.1 Å². The quantitative estimate of drug-likeness (QED) is 0.752. The third-order valence-electron chi connectivity index (χ3n) is 3.20. The molecule has 0 aliphatic heterocycles. The molecule has 3 N–H and O–H groups in total. The first-order valence-corrected chi connectivity index (χ1v) is 7.07. The second kappa shape index (κ2) is 7.15. The fraction of sp³-hybridized carbons (Fsp3) is 0.600. The lowest BCUT2D eigenvalue weighted by molar-refractivity contribution is -0.139. The largest absolute Gasteiger partial charge is 0.480 e. The Hall–Kier alpha value is -1.98. The normalized spacial score (nSPS) is 13.8. The van der Waals surface area contributed by atoms with E-state index in [4.69, 9.17) is 9.52 Å². The van der Waals surface area contributed by atoms with Crippen molar-refractivity contribution >= 4 is 12.0 Å². The van der Waals surface area contributed by atoms with Crippen LogP contribution in [-0.2, 0) is 4.79 Å². The molecule has 6 nitrogen and oxygen atoms in total. The van der Waals surface area contributed by atoms with Crippen molar-refractivity contribution in [2.75, 3.05) is 0 Å². The summed E-state index contributed by atoms with van der Waals surface area (Å²) >= 11 is 0. The van der Waals surface area contributed by atoms with Gasteiger partial charge < -0.3 is 20.2 Å². The highest BCUT2D eigenvalue weighted by molar-refractivity contribution is 5.82. The minimum atomic E-state index is -1.03. The molecule has 0 aromatic carbocycles. The Morgan fingerprint density at radius 3 is 2.29 bits per heavy atom. The van der Waals surface area contributed by atoms with Crippen molar-refractivity contribution in [2.45, 2.75) is 53.1 Å². The first kappa shape index (κ1) is 17.1. The fourth-order valence-corrected chi connectivity index (χ4v) is 2.25. The summed E-state index contributed by atoms with van der Waals surface area (Å²) in [5.74, 6) is 0.682. The number of carboxylic acids is 1. The van der Waals surface area contributed by atoms with Crippen LogP contribution < -0.4 is 10.6 Å². The Labute approximate surface area is 124 Å². The molecule has 1 heterocycles. The molecule has 6 heteroatoms. The minimum absolute atomic E-state index is 0.183. The van der Waals surface area contributed by atoms with Crippen molar-refractivity contribution in [3.8, 4) is 0 Å². The number of amides is 2. The topological polar surface area (TPSA) is 91.6 Å². The first-order valence-electron chi connectivity index (χ1n) is 7.07. The van der Waals surface area contributed by atoms with Crippen LogP contribution in [0.5, 0.6) is 0 Å². The summed E-state index contributed by atoms with van der Waals surface area (Å²) in [7, 11) is 0. The van der Waals surface area contributed by atoms with E-state index in [-0.39, 0.29) is 12.0 Å². The number of rotatable bonds is 6. The summed E-state index contributed by atoms with van der Waals surface area (Å²) in [5, 5.41) is 14.3. The summed E-state index contributed by atoms with van der Waals surface area (Å²) in [6.07, 6.45) is 0.390. The highest BCUT2D eigenvalue weighted by atomic mass is 16.4. The van der Waals surface area contributed by atoms with E-state index >= 15 is 0 Å². The van der Waals surface area contributed by atoms with Gasteiger partial charge >= 0.3 is 12.0 Å². The maximum atomic E-state index is 11.9. The number of hydrogen-bond acceptors (Lipinski definition) is 3. The van der Waals surface area contributed by atoms with Gasteiger partial charge in [-0.05, 0) is 39.2 Å². The molecule has 2 atom stereocenters. The van der Waals surface area contributed by atoms with Gasteiger partial charge in [-0.15, -0.1) is 0 Å². The first-order chi connectivity index (χ1) is 9.70. The van der Waals surface area contributed by atoms with E-state index in [9.17, 15) is 9.59 Å². The smallest absolute Gasteiger partial charge is 0.326 e. The van der Waals surface area contributed by atoms with E-state index in [1.807, 2.05) is 40.7 Å². The van der Waals surface area contributed by atoms with Crippen molar-refractivity contribution in [3.05, 3.63) is 23.2 Å². The molecule has 21 heavy (non-hydrogen) atoms. The van der Waals surface area contributed by atoms with Gasteiger partial charge in [0, 0.05) is 5.56 Å². The van der Waals surface area contributed by atoms with Gasteiger partial charge in [-0.3, -0.25) is 0 Å². The molecule has 1 aromatic heterocycles. The lowest BCUT2D eigenvalue weighted by Crippen LogP contribution is -2.47. The average Bonchev–Trinajstić information content (AvgIpc) is 2.66. The molecule has 1 aromatic rings. The van der Waals surface area contributed by atoms with E-state index in [1.165, 1.54) is 0 Å². The SMILES string of the molecule is Cc1cc(C(C)NC(=O)N[C@@H](CC(C)C)C(=O)O)c(C)o1. The number of aliphatic carboxylic acids is 1. The molecule has 0 bridgehead atoms. The third-order valence-corrected chi connectivity index (χ3v) is 3.20. The molecule has 0 saturated heterocycles. The molecule has 0 aliphatic rings. The van der Waals surface area contributed by atoms with E-state index in [2.05, 4.69) is 10.6 Å². The van der Waals surface area contributed by atoms with Gasteiger partial charge in [-0.25, -0.2) is 9.59 Å². The van der Waals surface area contributed by atoms with Crippen molar-refractivity contribution in [3.63, 3.8) is 0 Å². The van der Waals surface area contributed by atoms with Crippen LogP contribution in [0.3, 0.4) is 0 Å². The second-order valence-electron chi connectivity index (χ2n) is 5.73. The van der Waals surface area contributed by atoms with Crippen molar-refractivity contribution in [2.24, 2.45) is 5.92 Å². The summed E-state index contributed by atoms with van der Waals surface area (Å²) in [6.45, 7) is 9.32. The Morgan fingerprint density at radius 2 is 1.86 bits per heavy atom. The Morgan fingerprint density at radius 1 is 1.24 bits per heavy atom. The molecule has 1 unspecified atom stereocenters. The van der Waals surface area contributed by atoms with Gasteiger partial charge in [-0.2, -0.15) is 0 Å². The van der Waals surface area contributed by atoms with Gasteiger partial charge in [0.05, 0.1) is 6.04 Å². The van der Waals surface area contributed by atoms with Gasteiger partial charge in [0.2, 0.25) is 0 Å². The minimum Gasteiger partial charge on any atom is -0.480 e. The summed E-state index contributed by atoms with van der Waals surface area (Å²) in [4.78, 5) is 23.1. The zero-order chi connectivity index (χ0) is 16.2. The second-order valence-corrected chi connectivity index (χ2v) is 5.73. The molecule has 1 rings (SSSR count). The Bertz CT molecular complexity index is 508. The molecule has 0 spiro atoms. The summed E-state index contributed by atoms with van der Waals surface area (Å²) in [5.41, 5.74) is 0.887. The lowest BCUT2D eigenvalue weighted by atomic mass is 10.0. The molecule has 0 radical (unpaired) electrons. The van der Waals surface area contributed by atoms with E-state index < -0.39 is 18.0 Å². The van der Waals surface area contributed by atoms with Gasteiger partial charge in [0.1, 0.15) is 17.6 Å². The Kier molecular flexibility index (Phi) is 5.81. The molecule has 2 amide bonds. The number of carbonyl (C=O) groups excluding carboxylic acids is 1. The van der Waals surface area contributed by atoms with Crippen LogP contribution in [0.25, 0.3) is 0 Å². The van der Waals surface area contributed by atoms with Gasteiger partial charge in [0.25, 0.3) is 0 Å². The van der Waals surface area contributed by atoms with E-state index in [1.54, 1.807) is 0 Å². The number of carboxylic acid groups (broad SMARTS) is 1. The van der Waals surface area contributed by atoms with Crippen molar-refractivity contribution in [1.29, 1.82) is 0 Å².